The molecule has 11 heteroatoms. The number of carbonyl (C=O) groups is 4. The molecule has 2 aliphatic rings. The summed E-state index contributed by atoms with van der Waals surface area (Å²) in [6.07, 6.45) is 0.356. The largest absolute Gasteiger partial charge is 0.331 e. The fourth-order valence-electron chi connectivity index (χ4n) is 3.90. The fraction of sp³-hybridized carbons (Fsp3) is 0.400. The topological polar surface area (TPSA) is 142 Å². The molecule has 2 saturated heterocycles. The van der Waals surface area contributed by atoms with E-state index in [1.165, 1.54) is 9.47 Å². The van der Waals surface area contributed by atoms with Crippen molar-refractivity contribution in [1.29, 1.82) is 0 Å². The van der Waals surface area contributed by atoms with Crippen LogP contribution in [0.3, 0.4) is 0 Å². The minimum atomic E-state index is -0.820. The maximum absolute atomic E-state index is 13.2. The molecular formula is C20H22N6O5. The second kappa shape index (κ2) is 8.26. The third-order valence-corrected chi connectivity index (χ3v) is 5.43. The molecular weight excluding hydrogens is 404 g/mol. The van der Waals surface area contributed by atoms with E-state index >= 15 is 0 Å². The molecule has 4 rings (SSSR count). The Morgan fingerprint density at radius 2 is 2.06 bits per heavy atom. The van der Waals surface area contributed by atoms with Crippen LogP contribution >= 0.6 is 0 Å². The molecule has 162 valence electrons. The summed E-state index contributed by atoms with van der Waals surface area (Å²) >= 11 is 0. The van der Waals surface area contributed by atoms with E-state index in [2.05, 4.69) is 20.9 Å². The van der Waals surface area contributed by atoms with Crippen LogP contribution in [-0.4, -0.2) is 64.3 Å². The molecule has 0 spiro atoms. The maximum atomic E-state index is 13.2. The number of anilines is 1. The Kier molecular flexibility index (Phi) is 5.51. The average Bonchev–Trinajstić information content (AvgIpc) is 2.72. The van der Waals surface area contributed by atoms with Gasteiger partial charge in [-0.15, -0.1) is 0 Å². The predicted octanol–water partition coefficient (Wildman–Crippen LogP) is -0.947. The van der Waals surface area contributed by atoms with Gasteiger partial charge in [-0.3, -0.25) is 33.9 Å². The number of carbonyl (C=O) groups excluding carboxylic acids is 4. The first-order valence-corrected chi connectivity index (χ1v) is 9.99. The van der Waals surface area contributed by atoms with Crippen molar-refractivity contribution in [1.82, 2.24) is 25.1 Å². The zero-order valence-corrected chi connectivity index (χ0v) is 16.9. The first-order chi connectivity index (χ1) is 14.8. The molecule has 3 heterocycles. The number of rotatable bonds is 4. The highest BCUT2D eigenvalue weighted by Crippen LogP contribution is 2.23. The van der Waals surface area contributed by atoms with Crippen LogP contribution in [0.1, 0.15) is 24.7 Å². The van der Waals surface area contributed by atoms with Gasteiger partial charge in [0, 0.05) is 19.5 Å². The lowest BCUT2D eigenvalue weighted by Crippen LogP contribution is -2.50. The highest BCUT2D eigenvalue weighted by Gasteiger charge is 2.30. The smallest absolute Gasteiger partial charge is 0.262 e. The summed E-state index contributed by atoms with van der Waals surface area (Å²) in [4.78, 5) is 67.2. The van der Waals surface area contributed by atoms with Gasteiger partial charge in [0.05, 0.1) is 24.2 Å². The maximum Gasteiger partial charge on any atom is 0.262 e. The van der Waals surface area contributed by atoms with Gasteiger partial charge in [-0.1, -0.05) is 6.07 Å². The van der Waals surface area contributed by atoms with Crippen molar-refractivity contribution in [2.45, 2.75) is 25.8 Å². The SMILES string of the molecule is Cc1nc2c(NC(=O)CN3CCNCC3=O)cccc2c(=O)n1C1CCC(=O)NC1=O. The number of aromatic nitrogens is 2. The average molecular weight is 426 g/mol. The highest BCUT2D eigenvalue weighted by molar-refractivity contribution is 6.02. The van der Waals surface area contributed by atoms with Crippen molar-refractivity contribution in [2.75, 3.05) is 31.5 Å². The molecule has 1 unspecified atom stereocenters. The quantitative estimate of drug-likeness (QED) is 0.535. The summed E-state index contributed by atoms with van der Waals surface area (Å²) in [5.74, 6) is -1.15. The monoisotopic (exact) mass is 426 g/mol. The molecule has 0 radical (unpaired) electrons. The molecule has 0 saturated carbocycles. The van der Waals surface area contributed by atoms with E-state index in [0.717, 1.165) is 0 Å². The Balaban J connectivity index is 1.64. The van der Waals surface area contributed by atoms with Crippen LogP contribution in [0.15, 0.2) is 23.0 Å². The summed E-state index contributed by atoms with van der Waals surface area (Å²) in [6.45, 7) is 2.76. The first kappa shape index (κ1) is 20.7. The molecule has 3 N–H and O–H groups in total. The van der Waals surface area contributed by atoms with E-state index in [1.807, 2.05) is 0 Å². The van der Waals surface area contributed by atoms with Gasteiger partial charge >= 0.3 is 0 Å². The van der Waals surface area contributed by atoms with Crippen LogP contribution < -0.4 is 21.5 Å². The van der Waals surface area contributed by atoms with E-state index in [4.69, 9.17) is 0 Å². The number of fused-ring (bicyclic) bond motifs is 1. The molecule has 2 fully saturated rings. The fourth-order valence-corrected chi connectivity index (χ4v) is 3.90. The number of nitrogens with one attached hydrogen (secondary N) is 3. The van der Waals surface area contributed by atoms with Crippen LogP contribution in [0.25, 0.3) is 10.9 Å². The second-order valence-corrected chi connectivity index (χ2v) is 7.54. The minimum absolute atomic E-state index is 0.0940. The number of para-hydroxylation sites is 1. The summed E-state index contributed by atoms with van der Waals surface area (Å²) in [7, 11) is 0. The van der Waals surface area contributed by atoms with Gasteiger partial charge in [0.2, 0.25) is 23.6 Å². The highest BCUT2D eigenvalue weighted by atomic mass is 16.2. The van der Waals surface area contributed by atoms with Crippen molar-refractivity contribution in [2.24, 2.45) is 0 Å². The number of benzene rings is 1. The van der Waals surface area contributed by atoms with Crippen LogP contribution in [0, 0.1) is 6.92 Å². The zero-order chi connectivity index (χ0) is 22.1. The number of hydrogen-bond donors (Lipinski definition) is 3. The van der Waals surface area contributed by atoms with Crippen molar-refractivity contribution in [3.05, 3.63) is 34.4 Å². The number of piperazine rings is 1. The summed E-state index contributed by atoms with van der Waals surface area (Å²) in [5, 5.41) is 8.17. The second-order valence-electron chi connectivity index (χ2n) is 7.54. The van der Waals surface area contributed by atoms with Gasteiger partial charge in [0.15, 0.2) is 0 Å². The Morgan fingerprint density at radius 1 is 1.26 bits per heavy atom. The molecule has 11 nitrogen and oxygen atoms in total. The van der Waals surface area contributed by atoms with E-state index < -0.39 is 23.4 Å². The molecule has 0 aliphatic carbocycles. The summed E-state index contributed by atoms with van der Waals surface area (Å²) in [5.41, 5.74) is 0.222. The first-order valence-electron chi connectivity index (χ1n) is 9.99. The van der Waals surface area contributed by atoms with Crippen molar-refractivity contribution < 1.29 is 19.2 Å². The minimum Gasteiger partial charge on any atom is -0.331 e. The van der Waals surface area contributed by atoms with Gasteiger partial charge in [-0.05, 0) is 25.5 Å². The molecule has 1 atom stereocenters. The number of hydrogen-bond acceptors (Lipinski definition) is 7. The van der Waals surface area contributed by atoms with Crippen molar-refractivity contribution >= 4 is 40.2 Å². The van der Waals surface area contributed by atoms with E-state index in [0.29, 0.717) is 30.1 Å². The van der Waals surface area contributed by atoms with Gasteiger partial charge in [0.25, 0.3) is 5.56 Å². The summed E-state index contributed by atoms with van der Waals surface area (Å²) in [6, 6.07) is 3.99. The lowest BCUT2D eigenvalue weighted by Gasteiger charge is -2.26. The molecule has 1 aromatic carbocycles. The Labute approximate surface area is 176 Å². The molecule has 0 bridgehead atoms. The number of amides is 4. The molecule has 31 heavy (non-hydrogen) atoms. The van der Waals surface area contributed by atoms with Gasteiger partial charge in [-0.25, -0.2) is 4.98 Å². The summed E-state index contributed by atoms with van der Waals surface area (Å²) < 4.78 is 1.29. The van der Waals surface area contributed by atoms with Crippen LogP contribution in [-0.2, 0) is 19.2 Å². The van der Waals surface area contributed by atoms with Gasteiger partial charge in [-0.2, -0.15) is 0 Å². The van der Waals surface area contributed by atoms with Crippen LogP contribution in [0.2, 0.25) is 0 Å². The van der Waals surface area contributed by atoms with Gasteiger partial charge < -0.3 is 15.5 Å². The molecule has 2 aliphatic heterocycles. The van der Waals surface area contributed by atoms with Crippen molar-refractivity contribution in [3.8, 4) is 0 Å². The molecule has 1 aromatic heterocycles. The lowest BCUT2D eigenvalue weighted by atomic mass is 10.1. The Bertz CT molecular complexity index is 1160. The number of nitrogens with zero attached hydrogens (tertiary/aromatic N) is 3. The van der Waals surface area contributed by atoms with E-state index in [9.17, 15) is 24.0 Å². The Morgan fingerprint density at radius 3 is 2.81 bits per heavy atom. The van der Waals surface area contributed by atoms with E-state index in [-0.39, 0.29) is 43.1 Å². The lowest BCUT2D eigenvalue weighted by molar-refractivity contribution is -0.136. The van der Waals surface area contributed by atoms with Crippen molar-refractivity contribution in [3.63, 3.8) is 0 Å². The normalized spacial score (nSPS) is 19.5. The number of aryl methyl sites for hydroxylation is 1. The van der Waals surface area contributed by atoms with E-state index in [1.54, 1.807) is 25.1 Å². The number of imide groups is 1. The van der Waals surface area contributed by atoms with Crippen LogP contribution in [0.4, 0.5) is 5.69 Å². The Hall–Kier alpha value is -3.60. The third kappa shape index (κ3) is 4.04. The standard InChI is InChI=1S/C20H22N6O5/c1-11-22-18-12(20(31)26(11)14-5-6-15(27)24-19(14)30)3-2-4-13(18)23-16(28)10-25-8-7-21-9-17(25)29/h2-4,14,21H,5-10H2,1H3,(H,23,28)(H,24,27,30). The number of piperidine rings is 1. The molecule has 2 aromatic rings. The van der Waals surface area contributed by atoms with Gasteiger partial charge in [0.1, 0.15) is 17.4 Å². The predicted molar refractivity (Wildman–Crippen MR) is 110 cm³/mol. The molecule has 4 amide bonds. The zero-order valence-electron chi connectivity index (χ0n) is 16.9. The van der Waals surface area contributed by atoms with Crippen LogP contribution in [0.5, 0.6) is 0 Å². The third-order valence-electron chi connectivity index (χ3n) is 5.43.